The van der Waals surface area contributed by atoms with Crippen molar-refractivity contribution in [2.45, 2.75) is 90.5 Å². The molecule has 3 aliphatic carbocycles. The lowest BCUT2D eigenvalue weighted by atomic mass is 9.53. The van der Waals surface area contributed by atoms with E-state index in [1.165, 1.54) is 5.56 Å². The van der Waals surface area contributed by atoms with Crippen LogP contribution in [0.15, 0.2) is 72.8 Å². The van der Waals surface area contributed by atoms with Gasteiger partial charge in [-0.05, 0) is 103 Å². The Morgan fingerprint density at radius 2 is 1.43 bits per heavy atom. The summed E-state index contributed by atoms with van der Waals surface area (Å²) >= 11 is 0. The zero-order valence-electron chi connectivity index (χ0n) is 28.0. The molecule has 3 amide bonds. The van der Waals surface area contributed by atoms with Crippen molar-refractivity contribution >= 4 is 17.7 Å². The fraction of sp³-hybridized carbons (Fsp3) is 0.475. The first-order chi connectivity index (χ1) is 22.0. The van der Waals surface area contributed by atoms with E-state index >= 15 is 0 Å². The standard InChI is InChI=1S/C40H49N3O3/c1-28-11-10-14-32(33(28)29-15-17-31(18-16-29)38(2,3)4)35(44)41-27-39-19-22-40(23-20-39,24-21-39)37(46)42-34(30-12-6-5-7-13-30)36(45)43-25-8-9-26-43/h5-7,10-18,34H,8-9,19-27H2,1-4H3,(H,41,44)(H,42,46)/t34-,39?,40?/m0/s1. The van der Waals surface area contributed by atoms with Crippen LogP contribution in [0.25, 0.3) is 11.1 Å². The molecule has 1 atom stereocenters. The van der Waals surface area contributed by atoms with Crippen molar-refractivity contribution in [3.05, 3.63) is 95.1 Å². The van der Waals surface area contributed by atoms with Crippen LogP contribution in [0.4, 0.5) is 0 Å². The summed E-state index contributed by atoms with van der Waals surface area (Å²) in [5.74, 6) is -0.0369. The Hall–Kier alpha value is -3.93. The minimum atomic E-state index is -0.651. The van der Waals surface area contributed by atoms with Crippen LogP contribution in [0.1, 0.15) is 105 Å². The highest BCUT2D eigenvalue weighted by molar-refractivity contribution is 6.01. The predicted molar refractivity (Wildman–Crippen MR) is 183 cm³/mol. The first kappa shape index (κ1) is 32.0. The predicted octanol–water partition coefficient (Wildman–Crippen LogP) is 7.51. The molecule has 4 fully saturated rings. The molecule has 0 unspecified atom stereocenters. The Balaban J connectivity index is 1.11. The summed E-state index contributed by atoms with van der Waals surface area (Å²) in [6.07, 6.45) is 7.06. The molecule has 0 radical (unpaired) electrons. The number of amides is 3. The van der Waals surface area contributed by atoms with Gasteiger partial charge in [-0.15, -0.1) is 0 Å². The first-order valence-electron chi connectivity index (χ1n) is 17.1. The van der Waals surface area contributed by atoms with E-state index < -0.39 is 11.5 Å². The van der Waals surface area contributed by atoms with Gasteiger partial charge in [0.2, 0.25) is 11.8 Å². The number of aryl methyl sites for hydroxylation is 1. The number of likely N-dealkylation sites (tertiary alicyclic amines) is 1. The van der Waals surface area contributed by atoms with Crippen LogP contribution in [0.2, 0.25) is 0 Å². The molecule has 0 spiro atoms. The first-order valence-corrected chi connectivity index (χ1v) is 17.1. The fourth-order valence-corrected chi connectivity index (χ4v) is 7.95. The van der Waals surface area contributed by atoms with Crippen molar-refractivity contribution in [2.75, 3.05) is 19.6 Å². The number of nitrogens with one attached hydrogen (secondary N) is 2. The van der Waals surface area contributed by atoms with Crippen LogP contribution in [-0.2, 0) is 15.0 Å². The minimum Gasteiger partial charge on any atom is -0.351 e. The average Bonchev–Trinajstić information content (AvgIpc) is 3.62. The minimum absolute atomic E-state index is 0.000235. The quantitative estimate of drug-likeness (QED) is 0.274. The van der Waals surface area contributed by atoms with Gasteiger partial charge in [0.1, 0.15) is 6.04 Å². The van der Waals surface area contributed by atoms with Crippen molar-refractivity contribution in [3.8, 4) is 11.1 Å². The summed E-state index contributed by atoms with van der Waals surface area (Å²) in [7, 11) is 0. The average molecular weight is 620 g/mol. The number of rotatable bonds is 8. The van der Waals surface area contributed by atoms with Crippen LogP contribution in [0, 0.1) is 17.8 Å². The maximum atomic E-state index is 14.0. The van der Waals surface area contributed by atoms with Crippen LogP contribution in [0.3, 0.4) is 0 Å². The molecule has 0 aromatic heterocycles. The molecule has 3 saturated carbocycles. The Bertz CT molecular complexity index is 1560. The number of nitrogens with zero attached hydrogens (tertiary/aromatic N) is 1. The van der Waals surface area contributed by atoms with Crippen molar-refractivity contribution in [1.82, 2.24) is 15.5 Å². The summed E-state index contributed by atoms with van der Waals surface area (Å²) in [6, 6.07) is 23.6. The molecule has 3 aromatic carbocycles. The van der Waals surface area contributed by atoms with Crippen molar-refractivity contribution < 1.29 is 14.4 Å². The molecule has 6 nitrogen and oxygen atoms in total. The summed E-state index contributed by atoms with van der Waals surface area (Å²) in [5, 5.41) is 6.53. The van der Waals surface area contributed by atoms with E-state index in [1.54, 1.807) is 0 Å². The van der Waals surface area contributed by atoms with E-state index in [-0.39, 0.29) is 28.6 Å². The number of hydrogen-bond donors (Lipinski definition) is 2. The highest BCUT2D eigenvalue weighted by Gasteiger charge is 2.53. The Morgan fingerprint density at radius 1 is 0.804 bits per heavy atom. The van der Waals surface area contributed by atoms with Gasteiger partial charge in [-0.3, -0.25) is 14.4 Å². The van der Waals surface area contributed by atoms with E-state index in [4.69, 9.17) is 0 Å². The summed E-state index contributed by atoms with van der Waals surface area (Å²) in [6.45, 7) is 10.8. The summed E-state index contributed by atoms with van der Waals surface area (Å²) < 4.78 is 0. The third kappa shape index (κ3) is 6.36. The van der Waals surface area contributed by atoms with Crippen molar-refractivity contribution in [2.24, 2.45) is 10.8 Å². The Kier molecular flexibility index (Phi) is 8.84. The Labute approximate surface area is 274 Å². The maximum absolute atomic E-state index is 14.0. The van der Waals surface area contributed by atoms with Crippen LogP contribution in [0.5, 0.6) is 0 Å². The number of carbonyl (C=O) groups excluding carboxylic acids is 3. The molecule has 6 heteroatoms. The SMILES string of the molecule is Cc1cccc(C(=O)NCC23CCC(C(=O)N[C@H](C(=O)N4CCCC4)c4ccccc4)(CC2)CC3)c1-c1ccc(C(C)(C)C)cc1. The van der Waals surface area contributed by atoms with E-state index in [2.05, 4.69) is 68.7 Å². The number of carbonyl (C=O) groups is 3. The van der Waals surface area contributed by atoms with Gasteiger partial charge in [0.25, 0.3) is 5.91 Å². The van der Waals surface area contributed by atoms with Gasteiger partial charge in [0.05, 0.1) is 0 Å². The fourth-order valence-electron chi connectivity index (χ4n) is 7.95. The third-order valence-electron chi connectivity index (χ3n) is 11.1. The van der Waals surface area contributed by atoms with Crippen LogP contribution in [-0.4, -0.2) is 42.3 Å². The second-order valence-electron chi connectivity index (χ2n) is 15.1. The van der Waals surface area contributed by atoms with Gasteiger partial charge in [0, 0.05) is 30.6 Å². The third-order valence-corrected chi connectivity index (χ3v) is 11.1. The molecule has 4 aliphatic rings. The smallest absolute Gasteiger partial charge is 0.251 e. The molecular weight excluding hydrogens is 570 g/mol. The Morgan fingerprint density at radius 3 is 2.04 bits per heavy atom. The van der Waals surface area contributed by atoms with Crippen LogP contribution >= 0.6 is 0 Å². The molecular formula is C40H49N3O3. The van der Waals surface area contributed by atoms with E-state index in [9.17, 15) is 14.4 Å². The lowest BCUT2D eigenvalue weighted by Crippen LogP contribution is -2.54. The lowest BCUT2D eigenvalue weighted by Gasteiger charge is -2.52. The largest absolute Gasteiger partial charge is 0.351 e. The number of fused-ring (bicyclic) bond motifs is 3. The maximum Gasteiger partial charge on any atom is 0.251 e. The number of benzene rings is 3. The summed E-state index contributed by atoms with van der Waals surface area (Å²) in [4.78, 5) is 43.1. The van der Waals surface area contributed by atoms with Gasteiger partial charge >= 0.3 is 0 Å². The van der Waals surface area contributed by atoms with Gasteiger partial charge < -0.3 is 15.5 Å². The van der Waals surface area contributed by atoms with E-state index in [0.717, 1.165) is 86.7 Å². The molecule has 1 saturated heterocycles. The molecule has 7 rings (SSSR count). The zero-order chi connectivity index (χ0) is 32.5. The molecule has 1 heterocycles. The van der Waals surface area contributed by atoms with Gasteiger partial charge in [-0.1, -0.05) is 87.5 Å². The second-order valence-corrected chi connectivity index (χ2v) is 15.1. The normalized spacial score (nSPS) is 23.2. The molecule has 242 valence electrons. The van der Waals surface area contributed by atoms with Gasteiger partial charge in [-0.2, -0.15) is 0 Å². The molecule has 46 heavy (non-hydrogen) atoms. The van der Waals surface area contributed by atoms with Crippen molar-refractivity contribution in [1.29, 1.82) is 0 Å². The van der Waals surface area contributed by atoms with Crippen LogP contribution < -0.4 is 10.6 Å². The monoisotopic (exact) mass is 619 g/mol. The van der Waals surface area contributed by atoms with E-state index in [0.29, 0.717) is 12.1 Å². The molecule has 2 bridgehead atoms. The van der Waals surface area contributed by atoms with E-state index in [1.807, 2.05) is 47.4 Å². The zero-order valence-corrected chi connectivity index (χ0v) is 28.0. The second kappa shape index (κ2) is 12.7. The topological polar surface area (TPSA) is 78.5 Å². The molecule has 2 N–H and O–H groups in total. The van der Waals surface area contributed by atoms with Gasteiger partial charge in [0.15, 0.2) is 0 Å². The lowest BCUT2D eigenvalue weighted by molar-refractivity contribution is -0.145. The van der Waals surface area contributed by atoms with Gasteiger partial charge in [-0.25, -0.2) is 0 Å². The highest BCUT2D eigenvalue weighted by Crippen LogP contribution is 2.57. The summed E-state index contributed by atoms with van der Waals surface area (Å²) in [5.41, 5.74) is 5.54. The van der Waals surface area contributed by atoms with Crippen molar-refractivity contribution in [3.63, 3.8) is 0 Å². The highest BCUT2D eigenvalue weighted by atomic mass is 16.2. The molecule has 3 aromatic rings. The molecule has 1 aliphatic heterocycles. The number of hydrogen-bond acceptors (Lipinski definition) is 3.